The first-order valence-corrected chi connectivity index (χ1v) is 9.39. The molecule has 0 aromatic heterocycles. The van der Waals surface area contributed by atoms with Crippen molar-refractivity contribution < 1.29 is 13.5 Å². The Bertz CT molecular complexity index is 508. The fraction of sp³-hybridized carbons (Fsp3) is 0.571. The van der Waals surface area contributed by atoms with Crippen LogP contribution in [0.3, 0.4) is 0 Å². The van der Waals surface area contributed by atoms with E-state index in [1.807, 2.05) is 12.1 Å². The Labute approximate surface area is 119 Å². The van der Waals surface area contributed by atoms with Crippen molar-refractivity contribution in [3.05, 3.63) is 24.3 Å². The van der Waals surface area contributed by atoms with Crippen LogP contribution in [0.5, 0.6) is 0 Å². The molecule has 2 rings (SSSR count). The molecule has 1 aliphatic rings. The minimum atomic E-state index is -3.13. The number of sulfone groups is 1. The number of aliphatic hydroxyl groups excluding tert-OH is 1. The minimum absolute atomic E-state index is 0.228. The van der Waals surface area contributed by atoms with Crippen molar-refractivity contribution in [3.63, 3.8) is 0 Å². The molecule has 0 bridgehead atoms. The first-order chi connectivity index (χ1) is 8.97. The van der Waals surface area contributed by atoms with Crippen LogP contribution in [0, 0.1) is 0 Å². The van der Waals surface area contributed by atoms with Gasteiger partial charge in [0, 0.05) is 16.4 Å². The van der Waals surface area contributed by atoms with Gasteiger partial charge in [0.2, 0.25) is 0 Å². The van der Waals surface area contributed by atoms with Crippen molar-refractivity contribution in [1.82, 2.24) is 0 Å². The van der Waals surface area contributed by atoms with Gasteiger partial charge in [-0.25, -0.2) is 8.42 Å². The molecule has 0 saturated heterocycles. The van der Waals surface area contributed by atoms with Crippen LogP contribution in [-0.2, 0) is 9.84 Å². The van der Waals surface area contributed by atoms with E-state index in [1.165, 1.54) is 12.7 Å². The van der Waals surface area contributed by atoms with Gasteiger partial charge in [-0.2, -0.15) is 0 Å². The summed E-state index contributed by atoms with van der Waals surface area (Å²) in [5.41, 5.74) is 0. The topological polar surface area (TPSA) is 54.4 Å². The molecule has 1 aromatic rings. The Kier molecular flexibility index (Phi) is 4.92. The van der Waals surface area contributed by atoms with E-state index in [0.29, 0.717) is 4.90 Å². The molecule has 1 fully saturated rings. The highest BCUT2D eigenvalue weighted by Gasteiger charge is 2.22. The number of benzene rings is 1. The molecule has 0 aliphatic heterocycles. The molecule has 0 amide bonds. The molecule has 1 N–H and O–H groups in total. The maximum atomic E-state index is 11.4. The molecule has 0 spiro atoms. The number of thioether (sulfide) groups is 1. The van der Waals surface area contributed by atoms with E-state index in [4.69, 9.17) is 0 Å². The Balaban J connectivity index is 2.06. The second-order valence-corrected chi connectivity index (χ2v) is 8.43. The van der Waals surface area contributed by atoms with Crippen LogP contribution in [0.25, 0.3) is 0 Å². The van der Waals surface area contributed by atoms with Gasteiger partial charge in [-0.05, 0) is 37.1 Å². The molecule has 2 unspecified atom stereocenters. The second kappa shape index (κ2) is 6.29. The maximum Gasteiger partial charge on any atom is 0.175 e. The number of hydrogen-bond donors (Lipinski definition) is 1. The van der Waals surface area contributed by atoms with Crippen LogP contribution >= 0.6 is 11.8 Å². The molecule has 1 aromatic carbocycles. The van der Waals surface area contributed by atoms with Crippen molar-refractivity contribution >= 4 is 21.6 Å². The Morgan fingerprint density at radius 1 is 1.11 bits per heavy atom. The maximum absolute atomic E-state index is 11.4. The average Bonchev–Trinajstić information content (AvgIpc) is 2.55. The molecule has 3 nitrogen and oxygen atoms in total. The largest absolute Gasteiger partial charge is 0.392 e. The van der Waals surface area contributed by atoms with Crippen molar-refractivity contribution in [2.75, 3.05) is 6.26 Å². The van der Waals surface area contributed by atoms with E-state index >= 15 is 0 Å². The molecule has 19 heavy (non-hydrogen) atoms. The standard InChI is InChI=1S/C14H20O3S2/c1-19(16,17)12-9-7-11(8-10-12)18-14-6-4-2-3-5-13(14)15/h7-10,13-15H,2-6H2,1H3. The Morgan fingerprint density at radius 3 is 2.37 bits per heavy atom. The smallest absolute Gasteiger partial charge is 0.175 e. The van der Waals surface area contributed by atoms with Crippen LogP contribution in [0.2, 0.25) is 0 Å². The summed E-state index contributed by atoms with van der Waals surface area (Å²) in [7, 11) is -3.13. The minimum Gasteiger partial charge on any atom is -0.392 e. The molecule has 1 saturated carbocycles. The van der Waals surface area contributed by atoms with E-state index < -0.39 is 9.84 Å². The predicted molar refractivity (Wildman–Crippen MR) is 78.3 cm³/mol. The number of aliphatic hydroxyl groups is 1. The third-order valence-electron chi connectivity index (χ3n) is 3.46. The lowest BCUT2D eigenvalue weighted by Crippen LogP contribution is -2.21. The molecular weight excluding hydrogens is 280 g/mol. The van der Waals surface area contributed by atoms with Gasteiger partial charge < -0.3 is 5.11 Å². The SMILES string of the molecule is CS(=O)(=O)c1ccc(SC2CCCCCC2O)cc1. The average molecular weight is 300 g/mol. The van der Waals surface area contributed by atoms with E-state index in [9.17, 15) is 13.5 Å². The van der Waals surface area contributed by atoms with Crippen LogP contribution < -0.4 is 0 Å². The summed E-state index contributed by atoms with van der Waals surface area (Å²) < 4.78 is 22.8. The monoisotopic (exact) mass is 300 g/mol. The van der Waals surface area contributed by atoms with Gasteiger partial charge in [-0.1, -0.05) is 19.3 Å². The second-order valence-electron chi connectivity index (χ2n) is 5.11. The van der Waals surface area contributed by atoms with Gasteiger partial charge in [0.15, 0.2) is 9.84 Å². The molecule has 5 heteroatoms. The van der Waals surface area contributed by atoms with Crippen molar-refractivity contribution in [2.24, 2.45) is 0 Å². The molecule has 0 radical (unpaired) electrons. The van der Waals surface area contributed by atoms with E-state index in [1.54, 1.807) is 23.9 Å². The third-order valence-corrected chi connectivity index (χ3v) is 5.98. The zero-order chi connectivity index (χ0) is 13.9. The molecule has 1 aliphatic carbocycles. The van der Waals surface area contributed by atoms with Crippen molar-refractivity contribution in [2.45, 2.75) is 53.2 Å². The zero-order valence-electron chi connectivity index (χ0n) is 11.1. The van der Waals surface area contributed by atoms with Gasteiger partial charge in [0.25, 0.3) is 0 Å². The van der Waals surface area contributed by atoms with E-state index in [0.717, 1.165) is 30.6 Å². The Hall–Kier alpha value is -0.520. The van der Waals surface area contributed by atoms with Gasteiger partial charge >= 0.3 is 0 Å². The van der Waals surface area contributed by atoms with E-state index in [-0.39, 0.29) is 11.4 Å². The molecule has 0 heterocycles. The first kappa shape index (κ1) is 14.9. The number of rotatable bonds is 3. The van der Waals surface area contributed by atoms with E-state index in [2.05, 4.69) is 0 Å². The first-order valence-electron chi connectivity index (χ1n) is 6.61. The normalized spacial score (nSPS) is 24.9. The summed E-state index contributed by atoms with van der Waals surface area (Å²) in [6, 6.07) is 6.94. The summed E-state index contributed by atoms with van der Waals surface area (Å²) in [6.07, 6.45) is 6.33. The van der Waals surface area contributed by atoms with Crippen LogP contribution in [-0.4, -0.2) is 31.1 Å². The predicted octanol–water partition coefficient (Wildman–Crippen LogP) is 2.88. The fourth-order valence-corrected chi connectivity index (χ4v) is 4.18. The lowest BCUT2D eigenvalue weighted by Gasteiger charge is -2.19. The summed E-state index contributed by atoms with van der Waals surface area (Å²) in [6.45, 7) is 0. The van der Waals surface area contributed by atoms with Crippen LogP contribution in [0.15, 0.2) is 34.1 Å². The molecule has 2 atom stereocenters. The van der Waals surface area contributed by atoms with Gasteiger partial charge in [0.1, 0.15) is 0 Å². The van der Waals surface area contributed by atoms with Crippen molar-refractivity contribution in [3.8, 4) is 0 Å². The molecular formula is C14H20O3S2. The Morgan fingerprint density at radius 2 is 1.74 bits per heavy atom. The van der Waals surface area contributed by atoms with Gasteiger partial charge in [-0.3, -0.25) is 0 Å². The highest BCUT2D eigenvalue weighted by atomic mass is 32.2. The van der Waals surface area contributed by atoms with Crippen LogP contribution in [0.4, 0.5) is 0 Å². The summed E-state index contributed by atoms with van der Waals surface area (Å²) >= 11 is 1.66. The van der Waals surface area contributed by atoms with Gasteiger partial charge in [-0.15, -0.1) is 11.8 Å². The van der Waals surface area contributed by atoms with Gasteiger partial charge in [0.05, 0.1) is 11.0 Å². The highest BCUT2D eigenvalue weighted by molar-refractivity contribution is 8.00. The van der Waals surface area contributed by atoms with Crippen molar-refractivity contribution in [1.29, 1.82) is 0 Å². The summed E-state index contributed by atoms with van der Waals surface area (Å²) in [5.74, 6) is 0. The quantitative estimate of drug-likeness (QED) is 0.872. The third kappa shape index (κ3) is 4.23. The zero-order valence-corrected chi connectivity index (χ0v) is 12.7. The lowest BCUT2D eigenvalue weighted by atomic mass is 10.1. The lowest BCUT2D eigenvalue weighted by molar-refractivity contribution is 0.163. The summed E-state index contributed by atoms with van der Waals surface area (Å²) in [5, 5.41) is 10.3. The summed E-state index contributed by atoms with van der Waals surface area (Å²) in [4.78, 5) is 1.37. The molecule has 106 valence electrons. The van der Waals surface area contributed by atoms with Crippen LogP contribution in [0.1, 0.15) is 32.1 Å². The fourth-order valence-electron chi connectivity index (χ4n) is 2.33. The number of hydrogen-bond acceptors (Lipinski definition) is 4. The highest BCUT2D eigenvalue weighted by Crippen LogP contribution is 2.33.